The molecule has 1 N–H and O–H groups in total. The standard InChI is InChI=1S/C20H20N2O3/c23-18(14-7-2-1-3-8-14)20(24)22-12-6-9-15(13-22)19-21-16-10-4-5-11-17(16)25-19/h1-5,7-8,10-11,15,18,23H,6,9,12-13H2. The summed E-state index contributed by atoms with van der Waals surface area (Å²) in [5.41, 5.74) is 2.23. The summed E-state index contributed by atoms with van der Waals surface area (Å²) in [7, 11) is 0. The van der Waals surface area contributed by atoms with Crippen LogP contribution >= 0.6 is 0 Å². The average molecular weight is 336 g/mol. The quantitative estimate of drug-likeness (QED) is 0.797. The van der Waals surface area contributed by atoms with Crippen molar-refractivity contribution in [3.8, 4) is 0 Å². The van der Waals surface area contributed by atoms with Crippen LogP contribution in [0.1, 0.15) is 36.3 Å². The molecule has 2 atom stereocenters. The van der Waals surface area contributed by atoms with Crippen LogP contribution < -0.4 is 0 Å². The number of aliphatic hydroxyl groups excluding tert-OH is 1. The molecule has 25 heavy (non-hydrogen) atoms. The molecule has 2 heterocycles. The first-order valence-corrected chi connectivity index (χ1v) is 8.59. The van der Waals surface area contributed by atoms with E-state index >= 15 is 0 Å². The first-order chi connectivity index (χ1) is 12.2. The Morgan fingerprint density at radius 3 is 2.72 bits per heavy atom. The number of carbonyl (C=O) groups is 1. The fourth-order valence-corrected chi connectivity index (χ4v) is 3.39. The Kier molecular flexibility index (Phi) is 4.24. The molecule has 0 saturated carbocycles. The highest BCUT2D eigenvalue weighted by molar-refractivity contribution is 5.82. The lowest BCUT2D eigenvalue weighted by molar-refractivity contribution is -0.141. The zero-order chi connectivity index (χ0) is 17.2. The third-order valence-electron chi connectivity index (χ3n) is 4.74. The van der Waals surface area contributed by atoms with Gasteiger partial charge in [-0.15, -0.1) is 0 Å². The van der Waals surface area contributed by atoms with E-state index in [0.717, 1.165) is 23.9 Å². The highest BCUT2D eigenvalue weighted by Gasteiger charge is 2.31. The first-order valence-electron chi connectivity index (χ1n) is 8.59. The average Bonchev–Trinajstić information content (AvgIpc) is 3.12. The minimum Gasteiger partial charge on any atom is -0.440 e. The SMILES string of the molecule is O=C(C(O)c1ccccc1)N1CCCC(c2nc3ccccc3o2)C1. The van der Waals surface area contributed by atoms with E-state index in [1.807, 2.05) is 42.5 Å². The largest absolute Gasteiger partial charge is 0.440 e. The highest BCUT2D eigenvalue weighted by atomic mass is 16.3. The fourth-order valence-electron chi connectivity index (χ4n) is 3.39. The Bertz CT molecular complexity index is 842. The molecule has 0 aliphatic carbocycles. The second kappa shape index (κ2) is 6.69. The van der Waals surface area contributed by atoms with E-state index in [0.29, 0.717) is 24.5 Å². The summed E-state index contributed by atoms with van der Waals surface area (Å²) in [6.07, 6.45) is 0.679. The van der Waals surface area contributed by atoms with E-state index < -0.39 is 6.10 Å². The number of aromatic nitrogens is 1. The minimum atomic E-state index is -1.12. The van der Waals surface area contributed by atoms with Crippen molar-refractivity contribution in [2.24, 2.45) is 0 Å². The van der Waals surface area contributed by atoms with Crippen molar-refractivity contribution < 1.29 is 14.3 Å². The number of oxazole rings is 1. The summed E-state index contributed by atoms with van der Waals surface area (Å²) >= 11 is 0. The second-order valence-electron chi connectivity index (χ2n) is 6.46. The van der Waals surface area contributed by atoms with Crippen LogP contribution in [0.3, 0.4) is 0 Å². The highest BCUT2D eigenvalue weighted by Crippen LogP contribution is 2.30. The lowest BCUT2D eigenvalue weighted by Crippen LogP contribution is -2.41. The topological polar surface area (TPSA) is 66.6 Å². The molecule has 5 nitrogen and oxygen atoms in total. The Hall–Kier alpha value is -2.66. The van der Waals surface area contributed by atoms with Crippen LogP contribution in [-0.4, -0.2) is 34.0 Å². The van der Waals surface area contributed by atoms with Gasteiger partial charge in [0.15, 0.2) is 17.6 Å². The Morgan fingerprint density at radius 2 is 1.92 bits per heavy atom. The first kappa shape index (κ1) is 15.8. The van der Waals surface area contributed by atoms with E-state index in [4.69, 9.17) is 4.42 Å². The predicted octanol–water partition coefficient (Wildman–Crippen LogP) is 3.27. The van der Waals surface area contributed by atoms with Gasteiger partial charge in [-0.1, -0.05) is 42.5 Å². The zero-order valence-electron chi connectivity index (χ0n) is 13.8. The summed E-state index contributed by atoms with van der Waals surface area (Å²) in [4.78, 5) is 19.0. The monoisotopic (exact) mass is 336 g/mol. The summed E-state index contributed by atoms with van der Waals surface area (Å²) in [6.45, 7) is 1.18. The van der Waals surface area contributed by atoms with Gasteiger partial charge in [0.25, 0.3) is 5.91 Å². The normalized spacial score (nSPS) is 19.1. The molecule has 1 aliphatic rings. The molecule has 1 aromatic heterocycles. The van der Waals surface area contributed by atoms with Crippen molar-refractivity contribution >= 4 is 17.0 Å². The van der Waals surface area contributed by atoms with Gasteiger partial charge in [0.05, 0.1) is 5.92 Å². The van der Waals surface area contributed by atoms with Gasteiger partial charge < -0.3 is 14.4 Å². The lowest BCUT2D eigenvalue weighted by Gasteiger charge is -2.32. The summed E-state index contributed by atoms with van der Waals surface area (Å²) in [5.74, 6) is 0.480. The third-order valence-corrected chi connectivity index (χ3v) is 4.74. The van der Waals surface area contributed by atoms with Gasteiger partial charge in [-0.3, -0.25) is 4.79 Å². The predicted molar refractivity (Wildman–Crippen MR) is 94.0 cm³/mol. The number of piperidine rings is 1. The molecule has 3 aromatic rings. The van der Waals surface area contributed by atoms with Crippen LogP contribution in [0.25, 0.3) is 11.1 Å². The summed E-state index contributed by atoms with van der Waals surface area (Å²) in [5, 5.41) is 10.4. The number of hydrogen-bond donors (Lipinski definition) is 1. The van der Waals surface area contributed by atoms with Gasteiger partial charge in [-0.2, -0.15) is 0 Å². The third kappa shape index (κ3) is 3.15. The van der Waals surface area contributed by atoms with Gasteiger partial charge in [-0.25, -0.2) is 4.98 Å². The van der Waals surface area contributed by atoms with Gasteiger partial charge in [0, 0.05) is 13.1 Å². The fraction of sp³-hybridized carbons (Fsp3) is 0.300. The molecule has 1 amide bonds. The Labute approximate surface area is 145 Å². The summed E-state index contributed by atoms with van der Waals surface area (Å²) in [6, 6.07) is 16.7. The van der Waals surface area contributed by atoms with Crippen LogP contribution in [0.2, 0.25) is 0 Å². The van der Waals surface area contributed by atoms with Crippen LogP contribution in [0.5, 0.6) is 0 Å². The number of amides is 1. The summed E-state index contributed by atoms with van der Waals surface area (Å²) < 4.78 is 5.87. The van der Waals surface area contributed by atoms with Gasteiger partial charge in [-0.05, 0) is 30.5 Å². The van der Waals surface area contributed by atoms with Crippen molar-refractivity contribution in [2.75, 3.05) is 13.1 Å². The Balaban J connectivity index is 1.51. The van der Waals surface area contributed by atoms with Gasteiger partial charge in [0.2, 0.25) is 0 Å². The van der Waals surface area contributed by atoms with Crippen LogP contribution in [0.15, 0.2) is 59.0 Å². The lowest BCUT2D eigenvalue weighted by atomic mass is 9.97. The number of rotatable bonds is 3. The van der Waals surface area contributed by atoms with Crippen LogP contribution in [-0.2, 0) is 4.79 Å². The molecule has 5 heteroatoms. The maximum atomic E-state index is 12.7. The molecule has 4 rings (SSSR count). The molecule has 128 valence electrons. The van der Waals surface area contributed by atoms with E-state index in [1.54, 1.807) is 17.0 Å². The number of nitrogens with zero attached hydrogens (tertiary/aromatic N) is 2. The van der Waals surface area contributed by atoms with Crippen molar-refractivity contribution in [3.05, 3.63) is 66.1 Å². The van der Waals surface area contributed by atoms with Crippen LogP contribution in [0, 0.1) is 0 Å². The zero-order valence-corrected chi connectivity index (χ0v) is 13.8. The van der Waals surface area contributed by atoms with E-state index in [1.165, 1.54) is 0 Å². The number of benzene rings is 2. The number of hydrogen-bond acceptors (Lipinski definition) is 4. The number of para-hydroxylation sites is 2. The van der Waals surface area contributed by atoms with Gasteiger partial charge >= 0.3 is 0 Å². The number of carbonyl (C=O) groups excluding carboxylic acids is 1. The van der Waals surface area contributed by atoms with Gasteiger partial charge in [0.1, 0.15) is 5.52 Å². The maximum Gasteiger partial charge on any atom is 0.256 e. The molecule has 1 aliphatic heterocycles. The van der Waals surface area contributed by atoms with Crippen molar-refractivity contribution in [1.82, 2.24) is 9.88 Å². The minimum absolute atomic E-state index is 0.0630. The number of aliphatic hydroxyl groups is 1. The molecule has 2 aromatic carbocycles. The van der Waals surface area contributed by atoms with Crippen molar-refractivity contribution in [3.63, 3.8) is 0 Å². The molecule has 1 saturated heterocycles. The Morgan fingerprint density at radius 1 is 1.16 bits per heavy atom. The van der Waals surface area contributed by atoms with Crippen LogP contribution in [0.4, 0.5) is 0 Å². The van der Waals surface area contributed by atoms with E-state index in [9.17, 15) is 9.90 Å². The smallest absolute Gasteiger partial charge is 0.256 e. The van der Waals surface area contributed by atoms with E-state index in [2.05, 4.69) is 4.98 Å². The number of fused-ring (bicyclic) bond motifs is 1. The van der Waals surface area contributed by atoms with Crippen molar-refractivity contribution in [2.45, 2.75) is 24.9 Å². The maximum absolute atomic E-state index is 12.7. The number of likely N-dealkylation sites (tertiary alicyclic amines) is 1. The second-order valence-corrected chi connectivity index (χ2v) is 6.46. The molecule has 0 bridgehead atoms. The molecule has 0 radical (unpaired) electrons. The molecular formula is C20H20N2O3. The molecule has 1 fully saturated rings. The molecule has 0 spiro atoms. The molecule has 2 unspecified atom stereocenters. The van der Waals surface area contributed by atoms with E-state index in [-0.39, 0.29) is 11.8 Å². The van der Waals surface area contributed by atoms with Crippen molar-refractivity contribution in [1.29, 1.82) is 0 Å². The molecular weight excluding hydrogens is 316 g/mol.